The number of fused-ring (bicyclic) bond motifs is 5. The highest BCUT2D eigenvalue weighted by atomic mass is 32.2. The standard InChI is InChI=1S/C26H21F4N5O2S2/c1-13-9-14(5-6-15(13)23(31)36)19-11-33-24-18(32-8-7-25(28,29)30)10-20(34-35(19)24)26-16-3-2-4-17(27)22(16)37-21(39-26)12-38-26/h2-6,9-11,21,32H,7-8,12H2,1H3,(H2,31,36). The second-order valence-electron chi connectivity index (χ2n) is 9.22. The van der Waals surface area contributed by atoms with Gasteiger partial charge in [0.15, 0.2) is 22.6 Å². The molecule has 4 aromatic rings. The smallest absolute Gasteiger partial charge is 0.390 e. The molecule has 0 aliphatic carbocycles. The van der Waals surface area contributed by atoms with Crippen molar-refractivity contribution in [2.24, 2.45) is 5.73 Å². The third-order valence-corrected chi connectivity index (χ3v) is 10.1. The van der Waals surface area contributed by atoms with Crippen molar-refractivity contribution in [3.8, 4) is 17.0 Å². The molecular weight excluding hydrogens is 554 g/mol. The number of rotatable bonds is 6. The Morgan fingerprint density at radius 2 is 2.10 bits per heavy atom. The number of hydrogen-bond acceptors (Lipinski definition) is 7. The van der Waals surface area contributed by atoms with E-state index in [1.165, 1.54) is 29.6 Å². The van der Waals surface area contributed by atoms with Crippen molar-refractivity contribution in [2.75, 3.05) is 17.6 Å². The van der Waals surface area contributed by atoms with Gasteiger partial charge in [-0.05, 0) is 36.8 Å². The van der Waals surface area contributed by atoms with E-state index in [0.29, 0.717) is 50.7 Å². The average molecular weight is 576 g/mol. The van der Waals surface area contributed by atoms with Gasteiger partial charge in [-0.15, -0.1) is 11.8 Å². The largest absolute Gasteiger partial charge is 0.475 e. The zero-order valence-electron chi connectivity index (χ0n) is 20.4. The molecule has 2 aromatic heterocycles. The van der Waals surface area contributed by atoms with Crippen molar-refractivity contribution in [3.05, 3.63) is 76.9 Å². The van der Waals surface area contributed by atoms with Gasteiger partial charge in [0.2, 0.25) is 5.91 Å². The number of imidazole rings is 1. The van der Waals surface area contributed by atoms with E-state index < -0.39 is 28.4 Å². The number of primary amides is 1. The van der Waals surface area contributed by atoms with Gasteiger partial charge in [0, 0.05) is 29.0 Å². The first-order valence-electron chi connectivity index (χ1n) is 11.9. The summed E-state index contributed by atoms with van der Waals surface area (Å²) in [4.78, 5) is 16.2. The van der Waals surface area contributed by atoms with Crippen LogP contribution in [0.1, 0.15) is 33.6 Å². The number of nitrogens with two attached hydrogens (primary N) is 1. The highest BCUT2D eigenvalue weighted by Gasteiger charge is 2.52. The van der Waals surface area contributed by atoms with Gasteiger partial charge in [-0.2, -0.15) is 18.3 Å². The lowest BCUT2D eigenvalue weighted by Gasteiger charge is -2.33. The number of hydrogen-bond donors (Lipinski definition) is 2. The number of anilines is 1. The summed E-state index contributed by atoms with van der Waals surface area (Å²) >= 11 is 3.02. The summed E-state index contributed by atoms with van der Waals surface area (Å²) in [6.07, 6.45) is -3.79. The minimum Gasteiger partial charge on any atom is -0.475 e. The molecule has 2 unspecified atom stereocenters. The fourth-order valence-electron chi connectivity index (χ4n) is 4.82. The summed E-state index contributed by atoms with van der Waals surface area (Å²) in [7, 11) is 0. The van der Waals surface area contributed by atoms with Crippen molar-refractivity contribution in [2.45, 2.75) is 29.0 Å². The molecule has 2 bridgehead atoms. The zero-order chi connectivity index (χ0) is 27.5. The number of benzene rings is 2. The van der Waals surface area contributed by atoms with Gasteiger partial charge >= 0.3 is 6.18 Å². The number of halogens is 4. The lowest BCUT2D eigenvalue weighted by molar-refractivity contribution is -0.131. The Kier molecular flexibility index (Phi) is 6.18. The van der Waals surface area contributed by atoms with Crippen molar-refractivity contribution in [3.63, 3.8) is 0 Å². The number of nitrogens with one attached hydrogen (secondary N) is 1. The second-order valence-corrected chi connectivity index (χ2v) is 12.1. The SMILES string of the molecule is Cc1cc(-c2cnc3c(NCCC(F)(F)F)cc(C45SCC(Oc6c(F)cccc64)S5)nn23)ccc1C(N)=O. The minimum atomic E-state index is -4.33. The molecule has 2 aliphatic rings. The van der Waals surface area contributed by atoms with Crippen molar-refractivity contribution < 1.29 is 27.1 Å². The predicted molar refractivity (Wildman–Crippen MR) is 142 cm³/mol. The van der Waals surface area contributed by atoms with Gasteiger partial charge in [0.1, 0.15) is 4.08 Å². The normalized spacial score (nSPS) is 20.1. The van der Waals surface area contributed by atoms with E-state index in [1.807, 2.05) is 0 Å². The Balaban J connectivity index is 1.53. The van der Waals surface area contributed by atoms with E-state index in [0.717, 1.165) is 0 Å². The molecule has 1 saturated heterocycles. The molecule has 13 heteroatoms. The number of aryl methyl sites for hydroxylation is 1. The second kappa shape index (κ2) is 9.33. The number of carbonyl (C=O) groups is 1. The number of ether oxygens (including phenoxy) is 1. The molecule has 202 valence electrons. The average Bonchev–Trinajstić information content (AvgIpc) is 3.46. The minimum absolute atomic E-state index is 0.156. The number of alkyl halides is 3. The topological polar surface area (TPSA) is 94.5 Å². The number of amides is 1. The number of carbonyl (C=O) groups excluding carboxylic acids is 1. The van der Waals surface area contributed by atoms with Crippen molar-refractivity contribution >= 4 is 40.8 Å². The van der Waals surface area contributed by atoms with Crippen molar-refractivity contribution in [1.29, 1.82) is 0 Å². The Morgan fingerprint density at radius 3 is 2.85 bits per heavy atom. The third kappa shape index (κ3) is 4.46. The molecule has 4 heterocycles. The van der Waals surface area contributed by atoms with Crippen LogP contribution in [0.15, 0.2) is 48.7 Å². The first-order valence-corrected chi connectivity index (χ1v) is 13.8. The summed E-state index contributed by atoms with van der Waals surface area (Å²) in [5.74, 6) is -0.311. The van der Waals surface area contributed by atoms with Crippen LogP contribution < -0.4 is 15.8 Å². The summed E-state index contributed by atoms with van der Waals surface area (Å²) in [5.41, 5.74) is 9.25. The van der Waals surface area contributed by atoms with Crippen LogP contribution in [0.5, 0.6) is 5.75 Å². The lowest BCUT2D eigenvalue weighted by Crippen LogP contribution is -2.27. The molecule has 0 saturated carbocycles. The molecule has 2 aromatic carbocycles. The Morgan fingerprint density at radius 1 is 1.28 bits per heavy atom. The number of para-hydroxylation sites is 1. The van der Waals surface area contributed by atoms with E-state index in [9.17, 15) is 22.4 Å². The Labute approximate surface area is 228 Å². The lowest BCUT2D eigenvalue weighted by atomic mass is 10.0. The van der Waals surface area contributed by atoms with Gasteiger partial charge in [-0.3, -0.25) is 4.79 Å². The van der Waals surface area contributed by atoms with Gasteiger partial charge < -0.3 is 15.8 Å². The Bertz CT molecular complexity index is 1630. The predicted octanol–water partition coefficient (Wildman–Crippen LogP) is 5.71. The summed E-state index contributed by atoms with van der Waals surface area (Å²) < 4.78 is 60.3. The summed E-state index contributed by atoms with van der Waals surface area (Å²) in [6.45, 7) is 1.40. The van der Waals surface area contributed by atoms with Crippen LogP contribution in [-0.2, 0) is 4.08 Å². The van der Waals surface area contributed by atoms with Crippen LogP contribution in [-0.4, -0.2) is 44.4 Å². The number of aromatic nitrogens is 3. The summed E-state index contributed by atoms with van der Waals surface area (Å²) in [6, 6.07) is 11.5. The quantitative estimate of drug-likeness (QED) is 0.285. The zero-order valence-corrected chi connectivity index (χ0v) is 22.0. The maximum Gasteiger partial charge on any atom is 0.390 e. The summed E-state index contributed by atoms with van der Waals surface area (Å²) in [5, 5.41) is 7.80. The molecule has 2 aliphatic heterocycles. The maximum absolute atomic E-state index is 14.8. The van der Waals surface area contributed by atoms with Crippen LogP contribution in [0.2, 0.25) is 0 Å². The highest BCUT2D eigenvalue weighted by Crippen LogP contribution is 2.64. The van der Waals surface area contributed by atoms with Crippen LogP contribution in [0.4, 0.5) is 23.2 Å². The molecule has 3 N–H and O–H groups in total. The van der Waals surface area contributed by atoms with Crippen LogP contribution >= 0.6 is 23.5 Å². The fourth-order valence-corrected chi connectivity index (χ4v) is 8.12. The third-order valence-electron chi connectivity index (χ3n) is 6.61. The number of nitrogens with zero attached hydrogens (tertiary/aromatic N) is 3. The molecule has 2 atom stereocenters. The van der Waals surface area contributed by atoms with Gasteiger partial charge in [-0.1, -0.05) is 30.0 Å². The maximum atomic E-state index is 14.8. The first-order chi connectivity index (χ1) is 18.6. The van der Waals surface area contributed by atoms with Crippen molar-refractivity contribution in [1.82, 2.24) is 14.6 Å². The van der Waals surface area contributed by atoms with Crippen LogP contribution in [0.25, 0.3) is 16.9 Å². The van der Waals surface area contributed by atoms with Crippen LogP contribution in [0, 0.1) is 12.7 Å². The molecule has 1 fully saturated rings. The van der Waals surface area contributed by atoms with Gasteiger partial charge in [0.05, 0.1) is 29.7 Å². The molecule has 0 radical (unpaired) electrons. The van der Waals surface area contributed by atoms with Gasteiger partial charge in [0.25, 0.3) is 0 Å². The molecule has 39 heavy (non-hydrogen) atoms. The first kappa shape index (κ1) is 25.8. The Hall–Kier alpha value is -3.45. The van der Waals surface area contributed by atoms with Crippen LogP contribution in [0.3, 0.4) is 0 Å². The molecule has 0 spiro atoms. The van der Waals surface area contributed by atoms with E-state index in [-0.39, 0.29) is 17.7 Å². The molecule has 1 amide bonds. The molecule has 6 rings (SSSR count). The van der Waals surface area contributed by atoms with E-state index in [4.69, 9.17) is 15.6 Å². The van der Waals surface area contributed by atoms with Gasteiger partial charge in [-0.25, -0.2) is 13.9 Å². The number of thioether (sulfide) groups is 2. The molecule has 7 nitrogen and oxygen atoms in total. The van der Waals surface area contributed by atoms with E-state index in [2.05, 4.69) is 10.3 Å². The molecular formula is C26H21F4N5O2S2. The fraction of sp³-hybridized carbons (Fsp3) is 0.269. The van der Waals surface area contributed by atoms with E-state index in [1.54, 1.807) is 54.0 Å². The van der Waals surface area contributed by atoms with E-state index >= 15 is 0 Å². The monoisotopic (exact) mass is 575 g/mol. The highest BCUT2D eigenvalue weighted by molar-refractivity contribution is 8.21.